The molecular weight excluding hydrogens is 335 g/mol. The van der Waals surface area contributed by atoms with Crippen molar-refractivity contribution in [2.75, 3.05) is 26.2 Å². The summed E-state index contributed by atoms with van der Waals surface area (Å²) in [4.78, 5) is 25.8. The van der Waals surface area contributed by atoms with Gasteiger partial charge in [-0.3, -0.25) is 9.59 Å². The van der Waals surface area contributed by atoms with Crippen molar-refractivity contribution in [2.24, 2.45) is 0 Å². The monoisotopic (exact) mass is 356 g/mol. The van der Waals surface area contributed by atoms with E-state index in [1.165, 1.54) is 19.1 Å². The predicted molar refractivity (Wildman–Crippen MR) is 95.7 cm³/mol. The largest absolute Gasteiger partial charge is 0.484 e. The van der Waals surface area contributed by atoms with Crippen LogP contribution in [0.2, 0.25) is 0 Å². The van der Waals surface area contributed by atoms with Gasteiger partial charge in [0.05, 0.1) is 6.04 Å². The fourth-order valence-corrected chi connectivity index (χ4v) is 3.05. The second kappa shape index (κ2) is 8.10. The molecule has 1 fully saturated rings. The van der Waals surface area contributed by atoms with Gasteiger partial charge in [-0.15, -0.1) is 0 Å². The van der Waals surface area contributed by atoms with Crippen LogP contribution < -0.4 is 10.1 Å². The lowest BCUT2D eigenvalue weighted by atomic mass is 10.0. The second-order valence-corrected chi connectivity index (χ2v) is 6.23. The van der Waals surface area contributed by atoms with Crippen LogP contribution >= 0.6 is 0 Å². The van der Waals surface area contributed by atoms with E-state index in [0.717, 1.165) is 5.56 Å². The molecule has 136 valence electrons. The van der Waals surface area contributed by atoms with Crippen molar-refractivity contribution in [3.8, 4) is 5.75 Å². The maximum Gasteiger partial charge on any atom is 0.261 e. The van der Waals surface area contributed by atoms with E-state index < -0.39 is 0 Å². The smallest absolute Gasteiger partial charge is 0.261 e. The third-order valence-corrected chi connectivity index (χ3v) is 4.40. The molecule has 26 heavy (non-hydrogen) atoms. The summed E-state index contributed by atoms with van der Waals surface area (Å²) in [6.07, 6.45) is 0. The summed E-state index contributed by atoms with van der Waals surface area (Å²) >= 11 is 0. The number of Topliss-reactive ketones (excluding diaryl/α,β-unsaturated/α-hetero) is 1. The minimum Gasteiger partial charge on any atom is -0.484 e. The molecule has 1 unspecified atom stereocenters. The van der Waals surface area contributed by atoms with E-state index in [9.17, 15) is 14.0 Å². The summed E-state index contributed by atoms with van der Waals surface area (Å²) in [6, 6.07) is 12.8. The molecule has 0 spiro atoms. The quantitative estimate of drug-likeness (QED) is 0.837. The standard InChI is InChI=1S/C20H21FN2O3/c1-14(24)15-4-3-7-18(11-15)26-13-20(25)23-9-8-22-12-19(23)16-5-2-6-17(21)10-16/h2-7,10-11,19,22H,8-9,12-13H2,1H3. The van der Waals surface area contributed by atoms with Gasteiger partial charge < -0.3 is 15.0 Å². The van der Waals surface area contributed by atoms with E-state index in [1.54, 1.807) is 35.2 Å². The van der Waals surface area contributed by atoms with Crippen molar-refractivity contribution in [3.63, 3.8) is 0 Å². The highest BCUT2D eigenvalue weighted by molar-refractivity contribution is 5.94. The highest BCUT2D eigenvalue weighted by Gasteiger charge is 2.28. The van der Waals surface area contributed by atoms with Crippen LogP contribution in [0.15, 0.2) is 48.5 Å². The SMILES string of the molecule is CC(=O)c1cccc(OCC(=O)N2CCNCC2c2cccc(F)c2)c1. The van der Waals surface area contributed by atoms with Crippen molar-refractivity contribution in [1.82, 2.24) is 10.2 Å². The number of nitrogens with zero attached hydrogens (tertiary/aromatic N) is 1. The summed E-state index contributed by atoms with van der Waals surface area (Å²) in [5.74, 6) is -0.0784. The van der Waals surface area contributed by atoms with Crippen LogP contribution in [0.4, 0.5) is 4.39 Å². The summed E-state index contributed by atoms with van der Waals surface area (Å²) in [6.45, 7) is 3.12. The molecule has 3 rings (SSSR count). The van der Waals surface area contributed by atoms with Gasteiger partial charge >= 0.3 is 0 Å². The number of rotatable bonds is 5. The third-order valence-electron chi connectivity index (χ3n) is 4.40. The number of ketones is 1. The number of carbonyl (C=O) groups excluding carboxylic acids is 2. The zero-order chi connectivity index (χ0) is 18.5. The molecule has 1 aliphatic heterocycles. The van der Waals surface area contributed by atoms with E-state index in [2.05, 4.69) is 5.32 Å². The van der Waals surface area contributed by atoms with Crippen LogP contribution in [-0.4, -0.2) is 42.8 Å². The Labute approximate surface area is 151 Å². The molecular formula is C20H21FN2O3. The molecule has 0 radical (unpaired) electrons. The number of hydrogen-bond donors (Lipinski definition) is 1. The maximum atomic E-state index is 13.5. The first kappa shape index (κ1) is 18.1. The third kappa shape index (κ3) is 4.26. The van der Waals surface area contributed by atoms with Crippen molar-refractivity contribution in [3.05, 3.63) is 65.5 Å². The molecule has 2 aromatic carbocycles. The topological polar surface area (TPSA) is 58.6 Å². The van der Waals surface area contributed by atoms with E-state index in [1.807, 2.05) is 6.07 Å². The van der Waals surface area contributed by atoms with Crippen molar-refractivity contribution in [2.45, 2.75) is 13.0 Å². The van der Waals surface area contributed by atoms with Crippen molar-refractivity contribution >= 4 is 11.7 Å². The minimum atomic E-state index is -0.322. The Kier molecular flexibility index (Phi) is 5.63. The molecule has 6 heteroatoms. The van der Waals surface area contributed by atoms with Gasteiger partial charge in [0.25, 0.3) is 5.91 Å². The van der Waals surface area contributed by atoms with Gasteiger partial charge in [0.2, 0.25) is 0 Å². The predicted octanol–water partition coefficient (Wildman–Crippen LogP) is 2.58. The molecule has 1 heterocycles. The highest BCUT2D eigenvalue weighted by Crippen LogP contribution is 2.23. The average Bonchev–Trinajstić information content (AvgIpc) is 2.66. The zero-order valence-electron chi connectivity index (χ0n) is 14.6. The first-order valence-corrected chi connectivity index (χ1v) is 8.54. The van der Waals surface area contributed by atoms with Gasteiger partial charge in [0.1, 0.15) is 11.6 Å². The number of carbonyl (C=O) groups is 2. The molecule has 0 aliphatic carbocycles. The number of ether oxygens (including phenoxy) is 1. The average molecular weight is 356 g/mol. The van der Waals surface area contributed by atoms with Gasteiger partial charge in [-0.25, -0.2) is 4.39 Å². The van der Waals surface area contributed by atoms with Crippen LogP contribution in [0.25, 0.3) is 0 Å². The van der Waals surface area contributed by atoms with Crippen LogP contribution in [0.3, 0.4) is 0 Å². The van der Waals surface area contributed by atoms with Gasteiger partial charge in [-0.2, -0.15) is 0 Å². The fraction of sp³-hybridized carbons (Fsp3) is 0.300. The molecule has 1 atom stereocenters. The minimum absolute atomic E-state index is 0.0601. The Morgan fingerprint density at radius 2 is 2.04 bits per heavy atom. The van der Waals surface area contributed by atoms with Gasteiger partial charge in [-0.1, -0.05) is 24.3 Å². The lowest BCUT2D eigenvalue weighted by Crippen LogP contribution is -2.50. The molecule has 1 N–H and O–H groups in total. The van der Waals surface area contributed by atoms with Crippen LogP contribution in [-0.2, 0) is 4.79 Å². The van der Waals surface area contributed by atoms with Crippen molar-refractivity contribution in [1.29, 1.82) is 0 Å². The van der Waals surface area contributed by atoms with Gasteiger partial charge in [0, 0.05) is 25.2 Å². The first-order valence-electron chi connectivity index (χ1n) is 8.54. The van der Waals surface area contributed by atoms with Crippen LogP contribution in [0.5, 0.6) is 5.75 Å². The summed E-state index contributed by atoms with van der Waals surface area (Å²) in [5, 5.41) is 3.24. The molecule has 1 saturated heterocycles. The Bertz CT molecular complexity index is 809. The molecule has 1 aliphatic rings. The molecule has 0 saturated carbocycles. The van der Waals surface area contributed by atoms with Gasteiger partial charge in [0.15, 0.2) is 12.4 Å². The Hall–Kier alpha value is -2.73. The summed E-state index contributed by atoms with van der Waals surface area (Å²) in [7, 11) is 0. The van der Waals surface area contributed by atoms with E-state index in [0.29, 0.717) is 30.9 Å². The number of halogens is 1. The second-order valence-electron chi connectivity index (χ2n) is 6.23. The maximum absolute atomic E-state index is 13.5. The van der Waals surface area contributed by atoms with E-state index in [4.69, 9.17) is 4.74 Å². The summed E-state index contributed by atoms with van der Waals surface area (Å²) < 4.78 is 19.1. The lowest BCUT2D eigenvalue weighted by Gasteiger charge is -2.36. The molecule has 0 bridgehead atoms. The highest BCUT2D eigenvalue weighted by atomic mass is 19.1. The zero-order valence-corrected chi connectivity index (χ0v) is 14.6. The van der Waals surface area contributed by atoms with Crippen LogP contribution in [0.1, 0.15) is 28.9 Å². The van der Waals surface area contributed by atoms with E-state index in [-0.39, 0.29) is 30.2 Å². The number of nitrogens with one attached hydrogen (secondary N) is 1. The first-order chi connectivity index (χ1) is 12.5. The number of benzene rings is 2. The Morgan fingerprint density at radius 3 is 2.81 bits per heavy atom. The van der Waals surface area contributed by atoms with Crippen molar-refractivity contribution < 1.29 is 18.7 Å². The van der Waals surface area contributed by atoms with Crippen LogP contribution in [0, 0.1) is 5.82 Å². The van der Waals surface area contributed by atoms with Gasteiger partial charge in [-0.05, 0) is 36.8 Å². The fourth-order valence-electron chi connectivity index (χ4n) is 3.05. The molecule has 1 amide bonds. The Morgan fingerprint density at radius 1 is 1.23 bits per heavy atom. The lowest BCUT2D eigenvalue weighted by molar-refractivity contribution is -0.136. The number of piperazine rings is 1. The summed E-state index contributed by atoms with van der Waals surface area (Å²) in [5.41, 5.74) is 1.29. The normalized spacial score (nSPS) is 17.0. The number of amides is 1. The molecule has 5 nitrogen and oxygen atoms in total. The Balaban J connectivity index is 1.69. The molecule has 2 aromatic rings. The number of hydrogen-bond acceptors (Lipinski definition) is 4. The van der Waals surface area contributed by atoms with E-state index >= 15 is 0 Å². The molecule has 0 aromatic heterocycles.